The van der Waals surface area contributed by atoms with Crippen LogP contribution in [0.1, 0.15) is 0 Å². The van der Waals surface area contributed by atoms with Gasteiger partial charge in [-0.2, -0.15) is 0 Å². The van der Waals surface area contributed by atoms with Gasteiger partial charge in [-0.05, 0) is 0 Å². The van der Waals surface area contributed by atoms with E-state index in [9.17, 15) is 0 Å². The summed E-state index contributed by atoms with van der Waals surface area (Å²) in [6.07, 6.45) is 0.750. The minimum atomic E-state index is 0. The van der Waals surface area contributed by atoms with E-state index in [1.807, 2.05) is 0 Å². The molecule has 0 amide bonds. The zero-order valence-electron chi connectivity index (χ0n) is 3.07. The average Bonchev–Trinajstić information content (AvgIpc) is 0.918. The van der Waals surface area contributed by atoms with Crippen LogP contribution in [0.5, 0.6) is 0 Å². The van der Waals surface area contributed by atoms with E-state index in [0.29, 0.717) is 0 Å². The number of rotatable bonds is 0. The third kappa shape index (κ3) is 33.8. The molecule has 0 aliphatic heterocycles. The van der Waals surface area contributed by atoms with E-state index in [1.165, 1.54) is 0 Å². The molecule has 3 N–H and O–H groups in total. The zero-order chi connectivity index (χ0) is 2.71. The van der Waals surface area contributed by atoms with Crippen LogP contribution in [0.25, 0.3) is 0 Å². The summed E-state index contributed by atoms with van der Waals surface area (Å²) in [5.74, 6) is 0. The molecule has 0 fully saturated rings. The fourth-order valence-electron chi connectivity index (χ4n) is 0. The molecule has 0 saturated heterocycles. The normalized spacial score (nSPS) is 2.40. The Morgan fingerprint density at radius 1 is 1.40 bits per heavy atom. The topological polar surface area (TPSA) is 49.9 Å². The van der Waals surface area contributed by atoms with Crippen molar-refractivity contribution in [3.63, 3.8) is 0 Å². The van der Waals surface area contributed by atoms with Crippen LogP contribution in [0, 0.1) is 5.41 Å². The van der Waals surface area contributed by atoms with Crippen LogP contribution in [-0.4, -0.2) is 60.9 Å². The molecule has 0 aromatic rings. The Bertz CT molecular complexity index is 15.1. The van der Waals surface area contributed by atoms with E-state index in [4.69, 9.17) is 5.41 Å². The molecule has 0 aliphatic carbocycles. The number of nitrogens with one attached hydrogen (secondary N) is 1. The number of hydrogen-bond acceptors (Lipinski definition) is 1. The van der Waals surface area contributed by atoms with Crippen molar-refractivity contribution in [3.8, 4) is 0 Å². The first-order valence-corrected chi connectivity index (χ1v) is 0.622. The van der Waals surface area contributed by atoms with Crippen molar-refractivity contribution in [2.75, 3.05) is 0 Å². The van der Waals surface area contributed by atoms with Crippen molar-refractivity contribution in [2.45, 2.75) is 0 Å². The summed E-state index contributed by atoms with van der Waals surface area (Å²) in [5, 5.41) is 5.86. The maximum absolute atomic E-state index is 5.86. The van der Waals surface area contributed by atoms with Gasteiger partial charge in [-0.15, -0.1) is 0 Å². The Morgan fingerprint density at radius 3 is 1.40 bits per heavy atom. The van der Waals surface area contributed by atoms with Gasteiger partial charge in [-0.3, -0.25) is 5.41 Å². The van der Waals surface area contributed by atoms with Crippen LogP contribution in [0.4, 0.5) is 0 Å². The molecule has 0 atom stereocenters. The molecule has 0 rings (SSSR count). The predicted molar refractivity (Wildman–Crippen MR) is 30.1 cm³/mol. The quantitative estimate of drug-likeness (QED) is 0.238. The van der Waals surface area contributed by atoms with Crippen LogP contribution in [-0.2, 0) is 0 Å². The van der Waals surface area contributed by atoms with Gasteiger partial charge in [0.25, 0.3) is 0 Å². The van der Waals surface area contributed by atoms with E-state index in [-0.39, 0.29) is 54.6 Å². The Hall–Kier alpha value is 1.31. The molecular weight excluding hydrogens is 454 g/mol. The first kappa shape index (κ1) is 16.2. The van der Waals surface area contributed by atoms with Crippen molar-refractivity contribution in [3.05, 3.63) is 0 Å². The van der Waals surface area contributed by atoms with Gasteiger partial charge in [0.1, 0.15) is 0 Å². The van der Waals surface area contributed by atoms with Gasteiger partial charge in [-0.25, -0.2) is 0 Å². The number of nitrogens with two attached hydrogens (primary N) is 1. The third-order valence-electron chi connectivity index (χ3n) is 0. The summed E-state index contributed by atoms with van der Waals surface area (Å²) in [7, 11) is 0. The van der Waals surface area contributed by atoms with Gasteiger partial charge in [0.05, 0.1) is 6.34 Å². The van der Waals surface area contributed by atoms with Crippen molar-refractivity contribution in [2.24, 2.45) is 5.73 Å². The Labute approximate surface area is 71.3 Å². The van der Waals surface area contributed by atoms with Gasteiger partial charge < -0.3 is 5.73 Å². The summed E-state index contributed by atoms with van der Waals surface area (Å²) in [4.78, 5) is 0. The van der Waals surface area contributed by atoms with E-state index in [2.05, 4.69) is 5.73 Å². The molecule has 4 heteroatoms. The van der Waals surface area contributed by atoms with Crippen molar-refractivity contribution >= 4 is 60.9 Å². The molecule has 0 aliphatic rings. The van der Waals surface area contributed by atoms with E-state index >= 15 is 0 Å². The second-order valence-corrected chi connectivity index (χ2v) is 0.167. The molecule has 0 saturated carbocycles. The summed E-state index contributed by atoms with van der Waals surface area (Å²) in [5.41, 5.74) is 4.39. The van der Waals surface area contributed by atoms with Crippen LogP contribution in [0.15, 0.2) is 0 Å². The molecule has 5 heavy (non-hydrogen) atoms. The summed E-state index contributed by atoms with van der Waals surface area (Å²) >= 11 is 0. The monoisotopic (exact) mass is 464 g/mol. The van der Waals surface area contributed by atoms with E-state index < -0.39 is 0 Å². The maximum atomic E-state index is 5.86. The second-order valence-electron chi connectivity index (χ2n) is 0.167. The van der Waals surface area contributed by atoms with Crippen LogP contribution >= 0.6 is 0 Å². The molecule has 4 radical (unpaired) electrons. The number of hydrogen-bond donors (Lipinski definition) is 2. The fourth-order valence-corrected chi connectivity index (χ4v) is 0. The molecular formula is CH8N2Pb2. The first-order valence-electron chi connectivity index (χ1n) is 0.622. The second kappa shape index (κ2) is 18.5. The summed E-state index contributed by atoms with van der Waals surface area (Å²) in [6, 6.07) is 0. The van der Waals surface area contributed by atoms with Gasteiger partial charge in [0, 0.05) is 0 Å². The third-order valence-corrected chi connectivity index (χ3v) is 0. The van der Waals surface area contributed by atoms with Gasteiger partial charge >= 0.3 is 54.6 Å². The minimum absolute atomic E-state index is 0. The van der Waals surface area contributed by atoms with Gasteiger partial charge in [0.2, 0.25) is 0 Å². The fraction of sp³-hybridized carbons (Fsp3) is 0. The van der Waals surface area contributed by atoms with Crippen molar-refractivity contribution < 1.29 is 0 Å². The van der Waals surface area contributed by atoms with Crippen molar-refractivity contribution in [1.82, 2.24) is 0 Å². The van der Waals surface area contributed by atoms with E-state index in [0.717, 1.165) is 6.34 Å². The SMILES string of the molecule is N=CN.[PbH2].[PbH2]. The molecule has 0 spiro atoms. The van der Waals surface area contributed by atoms with Crippen LogP contribution in [0.3, 0.4) is 0 Å². The standard InChI is InChI=1S/CH4N2.2Pb.4H/c2-1-3;;;;;;/h1H,(H3,2,3);;;;;;. The Kier molecular flexibility index (Phi) is 60.0. The summed E-state index contributed by atoms with van der Waals surface area (Å²) < 4.78 is 0. The van der Waals surface area contributed by atoms with Gasteiger partial charge in [-0.1, -0.05) is 0 Å². The first-order chi connectivity index (χ1) is 1.41. The molecule has 30 valence electrons. The molecule has 0 aromatic carbocycles. The molecule has 0 unspecified atom stereocenters. The molecule has 2 nitrogen and oxygen atoms in total. The van der Waals surface area contributed by atoms with E-state index in [1.54, 1.807) is 0 Å². The molecule has 0 aromatic heterocycles. The Morgan fingerprint density at radius 2 is 1.40 bits per heavy atom. The molecule has 0 bridgehead atoms. The van der Waals surface area contributed by atoms with Crippen molar-refractivity contribution in [1.29, 1.82) is 5.41 Å². The summed E-state index contributed by atoms with van der Waals surface area (Å²) in [6.45, 7) is 0. The Balaban J connectivity index is -0.0000000200. The zero-order valence-corrected chi connectivity index (χ0v) is 14.1. The predicted octanol–water partition coefficient (Wildman–Crippen LogP) is -2.28. The average molecular weight is 462 g/mol. The molecule has 0 heterocycles. The van der Waals surface area contributed by atoms with Gasteiger partial charge in [0.15, 0.2) is 0 Å². The van der Waals surface area contributed by atoms with Crippen LogP contribution < -0.4 is 5.73 Å². The van der Waals surface area contributed by atoms with Crippen LogP contribution in [0.2, 0.25) is 0 Å².